The highest BCUT2D eigenvalue weighted by atomic mass is 19.3. The van der Waals surface area contributed by atoms with Crippen LogP contribution in [-0.4, -0.2) is 5.97 Å². The van der Waals surface area contributed by atoms with Crippen molar-refractivity contribution in [1.29, 1.82) is 0 Å². The number of allylic oxidation sites excluding steroid dienone is 2. The number of hydrogen-bond donors (Lipinski definition) is 0. The second-order valence-electron chi connectivity index (χ2n) is 7.10. The van der Waals surface area contributed by atoms with Crippen LogP contribution in [0, 0.1) is 23.1 Å². The average Bonchev–Trinajstić information content (AvgIpc) is 2.92. The van der Waals surface area contributed by atoms with Gasteiger partial charge in [0.1, 0.15) is 11.6 Å². The number of rotatable bonds is 6. The molecule has 142 valence electrons. The maximum atomic E-state index is 13.1. The molecule has 1 aliphatic carbocycles. The van der Waals surface area contributed by atoms with Crippen LogP contribution in [0.15, 0.2) is 59.6 Å². The standard InChI is InChI=1S/C21H19F3O3/c1-4-5-15-17(11-16(26-15)12-6-8-13(22)9-7-12)27-20(25)19-14(10-18(23)24)21(19,2)3/h4,6-11,14,19H,1,5H2,2-3H3. The molecule has 0 saturated heterocycles. The van der Waals surface area contributed by atoms with Gasteiger partial charge in [-0.3, -0.25) is 4.79 Å². The Labute approximate surface area is 155 Å². The number of esters is 1. The second kappa shape index (κ2) is 7.10. The minimum absolute atomic E-state index is 0.213. The molecule has 1 aliphatic rings. The quantitative estimate of drug-likeness (QED) is 0.474. The molecule has 2 atom stereocenters. The third kappa shape index (κ3) is 3.84. The van der Waals surface area contributed by atoms with Gasteiger partial charge in [-0.1, -0.05) is 19.9 Å². The molecule has 0 amide bonds. The molecule has 1 aromatic heterocycles. The van der Waals surface area contributed by atoms with Crippen molar-refractivity contribution in [3.63, 3.8) is 0 Å². The zero-order valence-electron chi connectivity index (χ0n) is 15.0. The van der Waals surface area contributed by atoms with Gasteiger partial charge in [0.15, 0.2) is 11.5 Å². The molecule has 0 spiro atoms. The van der Waals surface area contributed by atoms with E-state index in [0.717, 1.165) is 6.08 Å². The minimum Gasteiger partial charge on any atom is -0.457 e. The molecule has 2 unspecified atom stereocenters. The topological polar surface area (TPSA) is 39.4 Å². The minimum atomic E-state index is -1.81. The number of carbonyl (C=O) groups excluding carboxylic acids is 1. The average molecular weight is 376 g/mol. The summed E-state index contributed by atoms with van der Waals surface area (Å²) in [4.78, 5) is 12.5. The van der Waals surface area contributed by atoms with E-state index >= 15 is 0 Å². The van der Waals surface area contributed by atoms with Crippen LogP contribution in [0.25, 0.3) is 11.3 Å². The summed E-state index contributed by atoms with van der Waals surface area (Å²) in [5.74, 6) is -1.17. The second-order valence-corrected chi connectivity index (χ2v) is 7.10. The normalized spacial score (nSPS) is 20.0. The fourth-order valence-electron chi connectivity index (χ4n) is 3.27. The van der Waals surface area contributed by atoms with Crippen LogP contribution >= 0.6 is 0 Å². The first kappa shape index (κ1) is 19.0. The third-order valence-electron chi connectivity index (χ3n) is 4.91. The lowest BCUT2D eigenvalue weighted by Crippen LogP contribution is -2.14. The van der Waals surface area contributed by atoms with E-state index in [4.69, 9.17) is 9.15 Å². The van der Waals surface area contributed by atoms with Crippen LogP contribution in [-0.2, 0) is 11.2 Å². The fraction of sp³-hybridized carbons (Fsp3) is 0.286. The molecule has 0 radical (unpaired) electrons. The van der Waals surface area contributed by atoms with Gasteiger partial charge >= 0.3 is 5.97 Å². The van der Waals surface area contributed by atoms with Crippen LogP contribution in [0.3, 0.4) is 0 Å². The molecule has 27 heavy (non-hydrogen) atoms. The van der Waals surface area contributed by atoms with Crippen molar-refractivity contribution in [1.82, 2.24) is 0 Å². The number of carbonyl (C=O) groups is 1. The maximum Gasteiger partial charge on any atom is 0.315 e. The number of hydrogen-bond acceptors (Lipinski definition) is 3. The van der Waals surface area contributed by atoms with Gasteiger partial charge in [-0.15, -0.1) is 6.58 Å². The van der Waals surface area contributed by atoms with Crippen LogP contribution < -0.4 is 4.74 Å². The molecule has 1 saturated carbocycles. The molecule has 2 aromatic rings. The first-order valence-electron chi connectivity index (χ1n) is 8.48. The van der Waals surface area contributed by atoms with Crippen LogP contribution in [0.2, 0.25) is 0 Å². The predicted molar refractivity (Wildman–Crippen MR) is 94.7 cm³/mol. The van der Waals surface area contributed by atoms with Crippen molar-refractivity contribution >= 4 is 5.97 Å². The first-order chi connectivity index (χ1) is 12.7. The van der Waals surface area contributed by atoms with E-state index in [1.54, 1.807) is 38.1 Å². The molecule has 1 fully saturated rings. The summed E-state index contributed by atoms with van der Waals surface area (Å²) in [6, 6.07) is 7.23. The summed E-state index contributed by atoms with van der Waals surface area (Å²) in [6.45, 7) is 7.13. The van der Waals surface area contributed by atoms with Crippen molar-refractivity contribution in [3.05, 3.63) is 66.7 Å². The van der Waals surface area contributed by atoms with E-state index < -0.39 is 29.3 Å². The van der Waals surface area contributed by atoms with E-state index in [-0.39, 0.29) is 11.6 Å². The van der Waals surface area contributed by atoms with Crippen molar-refractivity contribution in [2.75, 3.05) is 0 Å². The summed E-state index contributed by atoms with van der Waals surface area (Å²) in [7, 11) is 0. The fourth-order valence-corrected chi connectivity index (χ4v) is 3.27. The Kier molecular flexibility index (Phi) is 5.00. The lowest BCUT2D eigenvalue weighted by Gasteiger charge is -2.04. The van der Waals surface area contributed by atoms with Crippen molar-refractivity contribution < 1.29 is 27.1 Å². The predicted octanol–water partition coefficient (Wildman–Crippen LogP) is 5.77. The number of halogens is 3. The van der Waals surface area contributed by atoms with Gasteiger partial charge < -0.3 is 9.15 Å². The van der Waals surface area contributed by atoms with Crippen LogP contribution in [0.5, 0.6) is 5.75 Å². The van der Waals surface area contributed by atoms with E-state index in [1.807, 2.05) is 0 Å². The van der Waals surface area contributed by atoms with Gasteiger partial charge in [-0.05, 0) is 35.8 Å². The lowest BCUT2D eigenvalue weighted by molar-refractivity contribution is -0.136. The zero-order valence-corrected chi connectivity index (χ0v) is 15.0. The molecule has 6 heteroatoms. The van der Waals surface area contributed by atoms with Gasteiger partial charge in [0.25, 0.3) is 6.08 Å². The Morgan fingerprint density at radius 2 is 1.96 bits per heavy atom. The summed E-state index contributed by atoms with van der Waals surface area (Å²) in [5.41, 5.74) is 0.0268. The third-order valence-corrected chi connectivity index (χ3v) is 4.91. The smallest absolute Gasteiger partial charge is 0.315 e. The molecule has 0 bridgehead atoms. The van der Waals surface area contributed by atoms with Crippen LogP contribution in [0.1, 0.15) is 19.6 Å². The van der Waals surface area contributed by atoms with E-state index in [9.17, 15) is 18.0 Å². The summed E-state index contributed by atoms with van der Waals surface area (Å²) < 4.78 is 49.4. The summed E-state index contributed by atoms with van der Waals surface area (Å²) >= 11 is 0. The van der Waals surface area contributed by atoms with E-state index in [0.29, 0.717) is 23.5 Å². The Bertz CT molecular complexity index is 890. The van der Waals surface area contributed by atoms with Gasteiger partial charge in [-0.2, -0.15) is 8.78 Å². The number of benzene rings is 1. The monoisotopic (exact) mass is 376 g/mol. The Balaban J connectivity index is 1.84. The Morgan fingerprint density at radius 3 is 2.56 bits per heavy atom. The van der Waals surface area contributed by atoms with Crippen molar-refractivity contribution in [2.45, 2.75) is 20.3 Å². The summed E-state index contributed by atoms with van der Waals surface area (Å²) in [5, 5.41) is 0. The largest absolute Gasteiger partial charge is 0.457 e. The molecule has 3 nitrogen and oxygen atoms in total. The van der Waals surface area contributed by atoms with Crippen molar-refractivity contribution in [2.24, 2.45) is 17.3 Å². The van der Waals surface area contributed by atoms with E-state index in [2.05, 4.69) is 6.58 Å². The zero-order chi connectivity index (χ0) is 19.8. The van der Waals surface area contributed by atoms with Gasteiger partial charge in [0.2, 0.25) is 0 Å². The molecular formula is C21H19F3O3. The molecular weight excluding hydrogens is 357 g/mol. The van der Waals surface area contributed by atoms with Crippen LogP contribution in [0.4, 0.5) is 13.2 Å². The molecule has 3 rings (SSSR count). The number of ether oxygens (including phenoxy) is 1. The number of furan rings is 1. The Hall–Kier alpha value is -2.76. The first-order valence-corrected chi connectivity index (χ1v) is 8.48. The summed E-state index contributed by atoms with van der Waals surface area (Å²) in [6.07, 6.45) is 0.906. The molecule has 0 N–H and O–H groups in total. The lowest BCUT2D eigenvalue weighted by atomic mass is 10.1. The SMILES string of the molecule is C=CCc1oc(-c2ccc(F)cc2)cc1OC(=O)C1C(C=C(F)F)C1(C)C. The highest BCUT2D eigenvalue weighted by molar-refractivity contribution is 5.81. The highest BCUT2D eigenvalue weighted by Crippen LogP contribution is 2.60. The van der Waals surface area contributed by atoms with Gasteiger partial charge in [0, 0.05) is 24.0 Å². The molecule has 0 aliphatic heterocycles. The highest BCUT2D eigenvalue weighted by Gasteiger charge is 2.62. The van der Waals surface area contributed by atoms with Gasteiger partial charge in [0.05, 0.1) is 5.92 Å². The maximum absolute atomic E-state index is 13.1. The molecule has 1 heterocycles. The van der Waals surface area contributed by atoms with E-state index in [1.165, 1.54) is 12.1 Å². The molecule has 1 aromatic carbocycles. The van der Waals surface area contributed by atoms with Crippen molar-refractivity contribution in [3.8, 4) is 17.1 Å². The Morgan fingerprint density at radius 1 is 1.30 bits per heavy atom. The van der Waals surface area contributed by atoms with Gasteiger partial charge in [-0.25, -0.2) is 4.39 Å².